The number of carbonyl (C=O) groups excluding carboxylic acids is 1. The summed E-state index contributed by atoms with van der Waals surface area (Å²) in [6.45, 7) is 5.05. The number of aliphatic imine (C=N–C) groups is 1. The van der Waals surface area contributed by atoms with Crippen LogP contribution in [0.1, 0.15) is 6.92 Å². The van der Waals surface area contributed by atoms with Crippen molar-refractivity contribution in [2.24, 2.45) is 10.9 Å². The fourth-order valence-corrected chi connectivity index (χ4v) is 1.27. The van der Waals surface area contributed by atoms with Gasteiger partial charge in [0.05, 0.1) is 26.4 Å². The van der Waals surface area contributed by atoms with Crippen molar-refractivity contribution in [2.45, 2.75) is 6.92 Å². The van der Waals surface area contributed by atoms with Gasteiger partial charge < -0.3 is 14.3 Å². The average molecular weight is 246 g/mol. The van der Waals surface area contributed by atoms with Gasteiger partial charge >= 0.3 is 6.09 Å². The van der Waals surface area contributed by atoms with E-state index in [0.717, 1.165) is 13.1 Å². The molecule has 1 aliphatic rings. The van der Waals surface area contributed by atoms with Crippen LogP contribution in [0.15, 0.2) is 4.99 Å². The summed E-state index contributed by atoms with van der Waals surface area (Å²) in [6, 6.07) is 0. The minimum absolute atomic E-state index is 0.0786. The van der Waals surface area contributed by atoms with Gasteiger partial charge in [0.1, 0.15) is 0 Å². The van der Waals surface area contributed by atoms with Gasteiger partial charge in [-0.1, -0.05) is 0 Å². The van der Waals surface area contributed by atoms with Crippen molar-refractivity contribution in [2.75, 3.05) is 39.5 Å². The third-order valence-corrected chi connectivity index (χ3v) is 2.08. The SMILES string of the molecule is CCOC(=O)N=C(CNN1CCOCC1)ON. The van der Waals surface area contributed by atoms with E-state index in [-0.39, 0.29) is 19.0 Å². The van der Waals surface area contributed by atoms with E-state index in [2.05, 4.69) is 20.0 Å². The molecule has 0 aromatic heterocycles. The van der Waals surface area contributed by atoms with Crippen LogP contribution in [-0.4, -0.2) is 56.5 Å². The number of nitrogens with one attached hydrogen (secondary N) is 1. The number of amides is 1. The van der Waals surface area contributed by atoms with Gasteiger partial charge in [-0.05, 0) is 6.92 Å². The van der Waals surface area contributed by atoms with Crippen LogP contribution in [0, 0.1) is 0 Å². The van der Waals surface area contributed by atoms with E-state index in [1.54, 1.807) is 6.92 Å². The first-order chi connectivity index (χ1) is 8.26. The van der Waals surface area contributed by atoms with Crippen molar-refractivity contribution < 1.29 is 19.1 Å². The van der Waals surface area contributed by atoms with Gasteiger partial charge in [0.25, 0.3) is 0 Å². The Labute approximate surface area is 99.6 Å². The lowest BCUT2D eigenvalue weighted by Crippen LogP contribution is -2.48. The Morgan fingerprint density at radius 2 is 2.24 bits per heavy atom. The maximum absolute atomic E-state index is 11.1. The van der Waals surface area contributed by atoms with Crippen LogP contribution in [0.5, 0.6) is 0 Å². The van der Waals surface area contributed by atoms with Gasteiger partial charge in [-0.3, -0.25) is 0 Å². The van der Waals surface area contributed by atoms with Crippen molar-refractivity contribution in [3.8, 4) is 0 Å². The Morgan fingerprint density at radius 3 is 2.82 bits per heavy atom. The second-order valence-corrected chi connectivity index (χ2v) is 3.26. The number of carbonyl (C=O) groups is 1. The van der Waals surface area contributed by atoms with E-state index in [1.807, 2.05) is 5.01 Å². The number of rotatable bonds is 4. The minimum Gasteiger partial charge on any atom is -0.448 e. The molecule has 0 aromatic rings. The van der Waals surface area contributed by atoms with Crippen LogP contribution in [0.2, 0.25) is 0 Å². The Morgan fingerprint density at radius 1 is 1.53 bits per heavy atom. The van der Waals surface area contributed by atoms with E-state index in [9.17, 15) is 4.79 Å². The molecule has 17 heavy (non-hydrogen) atoms. The maximum atomic E-state index is 11.1. The smallest absolute Gasteiger partial charge is 0.436 e. The quantitative estimate of drug-likeness (QED) is 0.383. The summed E-state index contributed by atoms with van der Waals surface area (Å²) in [4.78, 5) is 19.1. The van der Waals surface area contributed by atoms with Crippen LogP contribution in [0.3, 0.4) is 0 Å². The fourth-order valence-electron chi connectivity index (χ4n) is 1.27. The van der Waals surface area contributed by atoms with Gasteiger partial charge in [0.15, 0.2) is 0 Å². The Balaban J connectivity index is 2.32. The van der Waals surface area contributed by atoms with Crippen LogP contribution < -0.4 is 11.3 Å². The van der Waals surface area contributed by atoms with Crippen LogP contribution in [0.4, 0.5) is 4.79 Å². The van der Waals surface area contributed by atoms with Gasteiger partial charge in [0, 0.05) is 13.1 Å². The van der Waals surface area contributed by atoms with Crippen molar-refractivity contribution in [1.82, 2.24) is 10.4 Å². The topological polar surface area (TPSA) is 98.4 Å². The second kappa shape index (κ2) is 7.96. The highest BCUT2D eigenvalue weighted by atomic mass is 16.6. The van der Waals surface area contributed by atoms with Crippen LogP contribution >= 0.6 is 0 Å². The summed E-state index contributed by atoms with van der Waals surface area (Å²) in [5.74, 6) is 5.09. The predicted molar refractivity (Wildman–Crippen MR) is 60.1 cm³/mol. The molecule has 0 spiro atoms. The lowest BCUT2D eigenvalue weighted by atomic mass is 10.5. The molecule has 3 N–H and O–H groups in total. The molecule has 0 unspecified atom stereocenters. The zero-order chi connectivity index (χ0) is 12.5. The Bertz CT molecular complexity index is 266. The van der Waals surface area contributed by atoms with Crippen molar-refractivity contribution >= 4 is 12.0 Å². The first-order valence-electron chi connectivity index (χ1n) is 5.43. The minimum atomic E-state index is -0.711. The van der Waals surface area contributed by atoms with Gasteiger partial charge in [0.2, 0.25) is 5.90 Å². The summed E-state index contributed by atoms with van der Waals surface area (Å²) < 4.78 is 9.83. The molecule has 0 saturated carbocycles. The first-order valence-corrected chi connectivity index (χ1v) is 5.43. The summed E-state index contributed by atoms with van der Waals surface area (Å²) >= 11 is 0. The number of nitrogens with two attached hydrogens (primary N) is 1. The number of hydrazine groups is 1. The van der Waals surface area contributed by atoms with Gasteiger partial charge in [-0.25, -0.2) is 15.2 Å². The van der Waals surface area contributed by atoms with Gasteiger partial charge in [-0.15, -0.1) is 4.99 Å². The van der Waals surface area contributed by atoms with Crippen LogP contribution in [-0.2, 0) is 14.3 Å². The summed E-state index contributed by atoms with van der Waals surface area (Å²) in [6.07, 6.45) is -0.711. The molecule has 1 rings (SSSR count). The zero-order valence-electron chi connectivity index (χ0n) is 9.85. The normalized spacial score (nSPS) is 17.9. The number of hydrogen-bond acceptors (Lipinski definition) is 7. The lowest BCUT2D eigenvalue weighted by Gasteiger charge is -2.26. The molecule has 0 aliphatic carbocycles. The molecule has 0 aromatic carbocycles. The molecule has 1 aliphatic heterocycles. The number of hydrogen-bond donors (Lipinski definition) is 2. The molecule has 1 heterocycles. The van der Waals surface area contributed by atoms with Gasteiger partial charge in [-0.2, -0.15) is 5.90 Å². The highest BCUT2D eigenvalue weighted by molar-refractivity contribution is 5.88. The van der Waals surface area contributed by atoms with E-state index in [0.29, 0.717) is 13.2 Å². The largest absolute Gasteiger partial charge is 0.448 e. The number of ether oxygens (including phenoxy) is 2. The molecule has 1 saturated heterocycles. The van der Waals surface area contributed by atoms with E-state index < -0.39 is 6.09 Å². The van der Waals surface area contributed by atoms with Crippen LogP contribution in [0.25, 0.3) is 0 Å². The second-order valence-electron chi connectivity index (χ2n) is 3.26. The zero-order valence-corrected chi connectivity index (χ0v) is 9.85. The Kier molecular flexibility index (Phi) is 6.48. The lowest BCUT2D eigenvalue weighted by molar-refractivity contribution is 0.0141. The highest BCUT2D eigenvalue weighted by Gasteiger charge is 2.12. The molecule has 1 fully saturated rings. The molecule has 8 heteroatoms. The van der Waals surface area contributed by atoms with Crippen molar-refractivity contribution in [3.63, 3.8) is 0 Å². The summed E-state index contributed by atoms with van der Waals surface area (Å²) in [5, 5.41) is 1.95. The predicted octanol–water partition coefficient (Wildman–Crippen LogP) is -0.731. The molecule has 98 valence electrons. The summed E-state index contributed by atoms with van der Waals surface area (Å²) in [5.41, 5.74) is 3.03. The summed E-state index contributed by atoms with van der Waals surface area (Å²) in [7, 11) is 0. The van der Waals surface area contributed by atoms with Crippen molar-refractivity contribution in [3.05, 3.63) is 0 Å². The van der Waals surface area contributed by atoms with E-state index >= 15 is 0 Å². The molecule has 0 atom stereocenters. The average Bonchev–Trinajstić information content (AvgIpc) is 2.36. The molecule has 1 amide bonds. The van der Waals surface area contributed by atoms with E-state index in [1.165, 1.54) is 0 Å². The van der Waals surface area contributed by atoms with Crippen molar-refractivity contribution in [1.29, 1.82) is 0 Å². The number of morpholine rings is 1. The fraction of sp³-hybridized carbons (Fsp3) is 0.778. The standard InChI is InChI=1S/C9H18N4O4/c1-2-16-9(14)12-8(17-10)7-11-13-3-5-15-6-4-13/h11H,2-7,10H2,1H3. The number of nitrogens with zero attached hydrogens (tertiary/aromatic N) is 2. The molecule has 0 radical (unpaired) electrons. The first kappa shape index (κ1) is 13.8. The monoisotopic (exact) mass is 246 g/mol. The molecule has 8 nitrogen and oxygen atoms in total. The third kappa shape index (κ3) is 5.59. The molecular weight excluding hydrogens is 228 g/mol. The third-order valence-electron chi connectivity index (χ3n) is 2.08. The molecular formula is C9H18N4O4. The highest BCUT2D eigenvalue weighted by Crippen LogP contribution is 1.92. The Hall–Kier alpha value is -1.22. The molecule has 0 bridgehead atoms. The maximum Gasteiger partial charge on any atom is 0.436 e. The van der Waals surface area contributed by atoms with E-state index in [4.69, 9.17) is 10.6 Å².